The lowest BCUT2D eigenvalue weighted by atomic mass is 10.1. The van der Waals surface area contributed by atoms with Gasteiger partial charge in [-0.1, -0.05) is 0 Å². The lowest BCUT2D eigenvalue weighted by molar-refractivity contribution is 0.461. The van der Waals surface area contributed by atoms with Crippen LogP contribution in [-0.4, -0.2) is 39.3 Å². The minimum Gasteiger partial charge on any atom is -0.408 e. The third-order valence-electron chi connectivity index (χ3n) is 4.82. The Kier molecular flexibility index (Phi) is 4.96. The second kappa shape index (κ2) is 7.47. The van der Waals surface area contributed by atoms with E-state index in [1.54, 1.807) is 38.6 Å². The number of fused-ring (bicyclic) bond motifs is 1. The Balaban J connectivity index is 1.71. The van der Waals surface area contributed by atoms with Crippen molar-refractivity contribution in [3.63, 3.8) is 0 Å². The molecule has 0 fully saturated rings. The van der Waals surface area contributed by atoms with Crippen LogP contribution in [0, 0.1) is 6.92 Å². The minimum atomic E-state index is -3.85. The summed E-state index contributed by atoms with van der Waals surface area (Å²) in [5, 5.41) is 0. The van der Waals surface area contributed by atoms with E-state index in [4.69, 9.17) is 4.42 Å². The number of sulfonamides is 1. The van der Waals surface area contributed by atoms with E-state index in [9.17, 15) is 13.2 Å². The number of rotatable bonds is 5. The summed E-state index contributed by atoms with van der Waals surface area (Å²) in [6, 6.07) is 8.00. The van der Waals surface area contributed by atoms with E-state index >= 15 is 0 Å². The van der Waals surface area contributed by atoms with Crippen LogP contribution in [0.25, 0.3) is 22.2 Å². The molecule has 1 aromatic carbocycles. The van der Waals surface area contributed by atoms with E-state index in [2.05, 4.69) is 15.0 Å². The summed E-state index contributed by atoms with van der Waals surface area (Å²) in [4.78, 5) is 24.4. The molecule has 30 heavy (non-hydrogen) atoms. The number of hydrogen-bond acceptors (Lipinski definition) is 7. The van der Waals surface area contributed by atoms with Crippen LogP contribution >= 0.6 is 0 Å². The molecule has 0 aliphatic carbocycles. The van der Waals surface area contributed by atoms with Crippen LogP contribution in [0.2, 0.25) is 0 Å². The standard InChI is InChI=1S/C20H19N5O4S/c1-13-22-11-16(14-6-8-21-9-7-14)17(23-13)12-24(2)30(27,28)15-4-5-18-19(10-15)29-20(26)25(18)3/h4-11H,12H2,1-3H3. The van der Waals surface area contributed by atoms with Crippen molar-refractivity contribution < 1.29 is 12.8 Å². The maximum absolute atomic E-state index is 13.2. The average Bonchev–Trinajstić information content (AvgIpc) is 3.02. The first-order valence-corrected chi connectivity index (χ1v) is 10.5. The lowest BCUT2D eigenvalue weighted by Crippen LogP contribution is -2.27. The number of benzene rings is 1. The normalized spacial score (nSPS) is 12.0. The van der Waals surface area contributed by atoms with Crippen molar-refractivity contribution in [1.82, 2.24) is 23.8 Å². The second-order valence-electron chi connectivity index (χ2n) is 6.83. The molecule has 9 nitrogen and oxygen atoms in total. The Bertz CT molecular complexity index is 1390. The van der Waals surface area contributed by atoms with Crippen LogP contribution in [0.5, 0.6) is 0 Å². The van der Waals surface area contributed by atoms with Gasteiger partial charge in [0.25, 0.3) is 0 Å². The molecular weight excluding hydrogens is 406 g/mol. The molecule has 0 amide bonds. The zero-order chi connectivity index (χ0) is 21.5. The Morgan fingerprint density at radius 1 is 1.17 bits per heavy atom. The van der Waals surface area contributed by atoms with Crippen LogP contribution < -0.4 is 5.76 Å². The van der Waals surface area contributed by atoms with Gasteiger partial charge in [-0.3, -0.25) is 9.55 Å². The van der Waals surface area contributed by atoms with Crippen LogP contribution in [-0.2, 0) is 23.6 Å². The van der Waals surface area contributed by atoms with Crippen molar-refractivity contribution in [3.05, 3.63) is 71.0 Å². The summed E-state index contributed by atoms with van der Waals surface area (Å²) in [6.45, 7) is 1.79. The highest BCUT2D eigenvalue weighted by atomic mass is 32.2. The molecule has 4 rings (SSSR count). The molecule has 0 aliphatic heterocycles. The van der Waals surface area contributed by atoms with Gasteiger partial charge < -0.3 is 4.42 Å². The first-order chi connectivity index (χ1) is 14.3. The van der Waals surface area contributed by atoms with Crippen molar-refractivity contribution >= 4 is 21.1 Å². The van der Waals surface area contributed by atoms with Gasteiger partial charge in [-0.05, 0) is 36.8 Å². The fourth-order valence-electron chi connectivity index (χ4n) is 3.16. The number of hydrogen-bond donors (Lipinski definition) is 0. The quantitative estimate of drug-likeness (QED) is 0.481. The largest absolute Gasteiger partial charge is 0.419 e. The third-order valence-corrected chi connectivity index (χ3v) is 6.62. The van der Waals surface area contributed by atoms with Crippen molar-refractivity contribution in [1.29, 1.82) is 0 Å². The minimum absolute atomic E-state index is 0.0306. The zero-order valence-corrected chi connectivity index (χ0v) is 17.4. The van der Waals surface area contributed by atoms with Gasteiger partial charge in [0.05, 0.1) is 22.7 Å². The van der Waals surface area contributed by atoms with E-state index in [-0.39, 0.29) is 17.0 Å². The lowest BCUT2D eigenvalue weighted by Gasteiger charge is -2.19. The summed E-state index contributed by atoms with van der Waals surface area (Å²) < 4.78 is 34.0. The number of nitrogens with zero attached hydrogens (tertiary/aromatic N) is 5. The Morgan fingerprint density at radius 2 is 1.90 bits per heavy atom. The molecule has 10 heteroatoms. The van der Waals surface area contributed by atoms with Crippen molar-refractivity contribution in [2.75, 3.05) is 7.05 Å². The van der Waals surface area contributed by atoms with Crippen LogP contribution in [0.3, 0.4) is 0 Å². The highest BCUT2D eigenvalue weighted by Gasteiger charge is 2.24. The fraction of sp³-hybridized carbons (Fsp3) is 0.200. The van der Waals surface area contributed by atoms with Crippen LogP contribution in [0.4, 0.5) is 0 Å². The summed E-state index contributed by atoms with van der Waals surface area (Å²) in [5.41, 5.74) is 2.89. The Morgan fingerprint density at radius 3 is 2.63 bits per heavy atom. The molecule has 0 bridgehead atoms. The third kappa shape index (κ3) is 3.51. The molecule has 0 unspecified atom stereocenters. The SMILES string of the molecule is Cc1ncc(-c2ccncc2)c(CN(C)S(=O)(=O)c2ccc3c(c2)oc(=O)n3C)n1. The number of aromatic nitrogens is 4. The molecule has 0 radical (unpaired) electrons. The molecule has 3 heterocycles. The molecular formula is C20H19N5O4S. The van der Waals surface area contributed by atoms with E-state index < -0.39 is 15.8 Å². The monoisotopic (exact) mass is 425 g/mol. The van der Waals surface area contributed by atoms with E-state index in [0.29, 0.717) is 17.0 Å². The molecule has 154 valence electrons. The van der Waals surface area contributed by atoms with Gasteiger partial charge in [-0.2, -0.15) is 4.31 Å². The van der Waals surface area contributed by atoms with Crippen molar-refractivity contribution in [2.45, 2.75) is 18.4 Å². The maximum Gasteiger partial charge on any atom is 0.419 e. The first-order valence-electron chi connectivity index (χ1n) is 9.06. The highest BCUT2D eigenvalue weighted by molar-refractivity contribution is 7.89. The van der Waals surface area contributed by atoms with Gasteiger partial charge in [-0.25, -0.2) is 23.2 Å². The number of oxazole rings is 1. The maximum atomic E-state index is 13.2. The molecule has 3 aromatic heterocycles. The Hall–Kier alpha value is -3.37. The molecule has 0 saturated heterocycles. The van der Waals surface area contributed by atoms with Crippen LogP contribution in [0.15, 0.2) is 63.0 Å². The highest BCUT2D eigenvalue weighted by Crippen LogP contribution is 2.25. The van der Waals surface area contributed by atoms with Crippen molar-refractivity contribution in [2.24, 2.45) is 7.05 Å². The molecule has 4 aromatic rings. The van der Waals surface area contributed by atoms with Gasteiger partial charge >= 0.3 is 5.76 Å². The predicted molar refractivity (Wildman–Crippen MR) is 110 cm³/mol. The molecule has 0 atom stereocenters. The first kappa shape index (κ1) is 19.9. The summed E-state index contributed by atoms with van der Waals surface area (Å²) in [6.07, 6.45) is 4.99. The van der Waals surface area contributed by atoms with Crippen LogP contribution in [0.1, 0.15) is 11.5 Å². The summed E-state index contributed by atoms with van der Waals surface area (Å²) >= 11 is 0. The average molecular weight is 425 g/mol. The second-order valence-corrected chi connectivity index (χ2v) is 8.88. The van der Waals surface area contributed by atoms with E-state index in [1.165, 1.54) is 28.1 Å². The van der Waals surface area contributed by atoms with Gasteiger partial charge in [0.1, 0.15) is 5.82 Å². The molecule has 0 aliphatic rings. The number of pyridine rings is 1. The Labute approximate surface area is 172 Å². The smallest absolute Gasteiger partial charge is 0.408 e. The molecule has 0 saturated carbocycles. The van der Waals surface area contributed by atoms with E-state index in [0.717, 1.165) is 11.1 Å². The van der Waals surface area contributed by atoms with Crippen molar-refractivity contribution in [3.8, 4) is 11.1 Å². The topological polar surface area (TPSA) is 111 Å². The zero-order valence-electron chi connectivity index (χ0n) is 16.6. The van der Waals surface area contributed by atoms with Gasteiger partial charge in [0, 0.05) is 44.3 Å². The van der Waals surface area contributed by atoms with Gasteiger partial charge in [0.2, 0.25) is 10.0 Å². The number of aryl methyl sites for hydroxylation is 2. The molecule has 0 N–H and O–H groups in total. The van der Waals surface area contributed by atoms with Gasteiger partial charge in [0.15, 0.2) is 5.58 Å². The fourth-order valence-corrected chi connectivity index (χ4v) is 4.31. The summed E-state index contributed by atoms with van der Waals surface area (Å²) in [5.74, 6) is -0.00700. The molecule has 0 spiro atoms. The van der Waals surface area contributed by atoms with Gasteiger partial charge in [-0.15, -0.1) is 0 Å². The predicted octanol–water partition coefficient (Wildman–Crippen LogP) is 2.11. The van der Waals surface area contributed by atoms with E-state index in [1.807, 2.05) is 12.1 Å². The summed E-state index contributed by atoms with van der Waals surface area (Å²) in [7, 11) is -0.812.